The summed E-state index contributed by atoms with van der Waals surface area (Å²) >= 11 is 1.69. The van der Waals surface area contributed by atoms with E-state index in [2.05, 4.69) is 34.7 Å². The summed E-state index contributed by atoms with van der Waals surface area (Å²) < 4.78 is 5.40. The highest BCUT2D eigenvalue weighted by molar-refractivity contribution is 7.07. The number of hydrogen-bond acceptors (Lipinski definition) is 5. The summed E-state index contributed by atoms with van der Waals surface area (Å²) in [5, 5.41) is 13.2. The second-order valence-electron chi connectivity index (χ2n) is 4.56. The zero-order valence-corrected chi connectivity index (χ0v) is 11.4. The van der Waals surface area contributed by atoms with Crippen molar-refractivity contribution in [1.29, 1.82) is 5.26 Å². The van der Waals surface area contributed by atoms with E-state index in [4.69, 9.17) is 15.7 Å². The lowest BCUT2D eigenvalue weighted by Crippen LogP contribution is -2.48. The molecular weight excluding hydrogens is 246 g/mol. The topological polar surface area (TPSA) is 62.3 Å². The molecule has 1 saturated heterocycles. The van der Waals surface area contributed by atoms with E-state index < -0.39 is 0 Å². The lowest BCUT2D eigenvalue weighted by atomic mass is 9.98. The number of rotatable bonds is 4. The van der Waals surface area contributed by atoms with E-state index in [0.29, 0.717) is 13.2 Å². The lowest BCUT2D eigenvalue weighted by Gasteiger charge is -2.38. The third-order valence-electron chi connectivity index (χ3n) is 3.40. The fourth-order valence-electron chi connectivity index (χ4n) is 2.40. The van der Waals surface area contributed by atoms with Gasteiger partial charge in [0.2, 0.25) is 0 Å². The summed E-state index contributed by atoms with van der Waals surface area (Å²) in [4.78, 5) is 2.29. The molecule has 3 unspecified atom stereocenters. The molecule has 0 saturated carbocycles. The zero-order valence-electron chi connectivity index (χ0n) is 10.6. The fourth-order valence-corrected chi connectivity index (χ4v) is 3.08. The van der Waals surface area contributed by atoms with Gasteiger partial charge in [-0.1, -0.05) is 6.92 Å². The minimum absolute atomic E-state index is 0.0945. The van der Waals surface area contributed by atoms with Crippen molar-refractivity contribution in [3.63, 3.8) is 0 Å². The van der Waals surface area contributed by atoms with Crippen molar-refractivity contribution in [2.24, 2.45) is 5.73 Å². The molecule has 1 aliphatic heterocycles. The largest absolute Gasteiger partial charge is 0.361 e. The van der Waals surface area contributed by atoms with Gasteiger partial charge in [0.15, 0.2) is 6.10 Å². The molecule has 3 atom stereocenters. The molecule has 2 heterocycles. The molecular formula is C13H19N3OS. The van der Waals surface area contributed by atoms with Crippen LogP contribution in [0, 0.1) is 11.3 Å². The molecule has 0 spiro atoms. The number of nitrogens with two attached hydrogens (primary N) is 1. The first-order valence-electron chi connectivity index (χ1n) is 6.29. The normalized spacial score (nSPS) is 24.4. The molecule has 0 radical (unpaired) electrons. The van der Waals surface area contributed by atoms with Crippen LogP contribution in [0.4, 0.5) is 0 Å². The van der Waals surface area contributed by atoms with Gasteiger partial charge in [0.05, 0.1) is 18.7 Å². The van der Waals surface area contributed by atoms with E-state index >= 15 is 0 Å². The van der Waals surface area contributed by atoms with Crippen LogP contribution in [0.25, 0.3) is 0 Å². The third-order valence-corrected chi connectivity index (χ3v) is 4.10. The number of nitriles is 1. The summed E-state index contributed by atoms with van der Waals surface area (Å²) in [5.74, 6) is 0. The van der Waals surface area contributed by atoms with Crippen LogP contribution in [0.1, 0.15) is 24.9 Å². The summed E-state index contributed by atoms with van der Waals surface area (Å²) in [7, 11) is 0. The van der Waals surface area contributed by atoms with Gasteiger partial charge in [-0.05, 0) is 28.8 Å². The molecule has 1 aliphatic rings. The van der Waals surface area contributed by atoms with Crippen molar-refractivity contribution < 1.29 is 4.74 Å². The number of ether oxygens (including phenoxy) is 1. The maximum Gasteiger partial charge on any atom is 0.156 e. The minimum atomic E-state index is -0.330. The van der Waals surface area contributed by atoms with Gasteiger partial charge >= 0.3 is 0 Å². The van der Waals surface area contributed by atoms with Crippen molar-refractivity contribution in [2.75, 3.05) is 19.7 Å². The Hall–Kier alpha value is -0.930. The maximum atomic E-state index is 8.99. The molecule has 2 rings (SSSR count). The van der Waals surface area contributed by atoms with Gasteiger partial charge in [-0.2, -0.15) is 16.6 Å². The maximum absolute atomic E-state index is 8.99. The van der Waals surface area contributed by atoms with Gasteiger partial charge in [0.1, 0.15) is 0 Å². The fraction of sp³-hybridized carbons (Fsp3) is 0.615. The van der Waals surface area contributed by atoms with Gasteiger partial charge in [0.25, 0.3) is 0 Å². The molecule has 1 fully saturated rings. The molecule has 0 bridgehead atoms. The Morgan fingerprint density at radius 3 is 3.17 bits per heavy atom. The van der Waals surface area contributed by atoms with E-state index in [1.54, 1.807) is 11.3 Å². The van der Waals surface area contributed by atoms with Crippen LogP contribution in [-0.4, -0.2) is 36.7 Å². The average Bonchev–Trinajstić information content (AvgIpc) is 2.93. The predicted octanol–water partition coefficient (Wildman–Crippen LogP) is 1.75. The van der Waals surface area contributed by atoms with Crippen molar-refractivity contribution >= 4 is 11.3 Å². The minimum Gasteiger partial charge on any atom is -0.361 e. The molecule has 18 heavy (non-hydrogen) atoms. The smallest absolute Gasteiger partial charge is 0.156 e. The SMILES string of the molecule is CCC(N)C(c1ccsc1)N1CCOC(C#N)C1. The molecule has 1 aromatic rings. The molecule has 0 amide bonds. The highest BCUT2D eigenvalue weighted by Crippen LogP contribution is 2.28. The molecule has 5 heteroatoms. The van der Waals surface area contributed by atoms with Crippen LogP contribution in [0.2, 0.25) is 0 Å². The van der Waals surface area contributed by atoms with E-state index in [9.17, 15) is 0 Å². The van der Waals surface area contributed by atoms with Crippen LogP contribution in [0.15, 0.2) is 16.8 Å². The van der Waals surface area contributed by atoms with Crippen molar-refractivity contribution in [1.82, 2.24) is 4.90 Å². The monoisotopic (exact) mass is 265 g/mol. The zero-order chi connectivity index (χ0) is 13.0. The molecule has 0 aromatic carbocycles. The van der Waals surface area contributed by atoms with Crippen LogP contribution in [-0.2, 0) is 4.74 Å². The van der Waals surface area contributed by atoms with Gasteiger partial charge in [0, 0.05) is 19.1 Å². The summed E-state index contributed by atoms with van der Waals surface area (Å²) in [6.45, 7) is 4.19. The van der Waals surface area contributed by atoms with Crippen molar-refractivity contribution in [2.45, 2.75) is 31.5 Å². The molecule has 1 aromatic heterocycles. The summed E-state index contributed by atoms with van der Waals surface area (Å²) in [5.41, 5.74) is 7.52. The first kappa shape index (κ1) is 13.5. The molecule has 4 nitrogen and oxygen atoms in total. The Balaban J connectivity index is 2.16. The Morgan fingerprint density at radius 1 is 1.72 bits per heavy atom. The van der Waals surface area contributed by atoms with E-state index in [0.717, 1.165) is 13.0 Å². The molecule has 2 N–H and O–H groups in total. The van der Waals surface area contributed by atoms with Crippen LogP contribution in [0.3, 0.4) is 0 Å². The molecule has 0 aliphatic carbocycles. The number of nitrogens with zero attached hydrogens (tertiary/aromatic N) is 2. The van der Waals surface area contributed by atoms with Crippen LogP contribution in [0.5, 0.6) is 0 Å². The van der Waals surface area contributed by atoms with Gasteiger partial charge < -0.3 is 10.5 Å². The molecule has 98 valence electrons. The first-order chi connectivity index (χ1) is 8.76. The van der Waals surface area contributed by atoms with Gasteiger partial charge in [-0.15, -0.1) is 0 Å². The first-order valence-corrected chi connectivity index (χ1v) is 7.23. The van der Waals surface area contributed by atoms with Crippen LogP contribution < -0.4 is 5.73 Å². The summed E-state index contributed by atoms with van der Waals surface area (Å²) in [6.07, 6.45) is 0.596. The van der Waals surface area contributed by atoms with E-state index in [1.807, 2.05) is 0 Å². The summed E-state index contributed by atoms with van der Waals surface area (Å²) in [6, 6.07) is 4.61. The van der Waals surface area contributed by atoms with E-state index in [-0.39, 0.29) is 18.2 Å². The Bertz CT molecular complexity index is 401. The standard InChI is InChI=1S/C13H19N3OS/c1-2-12(15)13(10-3-6-18-9-10)16-4-5-17-11(7-14)8-16/h3,6,9,11-13H,2,4-5,8,15H2,1H3. The van der Waals surface area contributed by atoms with Crippen LogP contribution >= 0.6 is 11.3 Å². The average molecular weight is 265 g/mol. The highest BCUT2D eigenvalue weighted by atomic mass is 32.1. The second-order valence-corrected chi connectivity index (χ2v) is 5.34. The van der Waals surface area contributed by atoms with Gasteiger partial charge in [-0.3, -0.25) is 4.90 Å². The quantitative estimate of drug-likeness (QED) is 0.901. The van der Waals surface area contributed by atoms with Crippen molar-refractivity contribution in [3.8, 4) is 6.07 Å². The number of hydrogen-bond donors (Lipinski definition) is 1. The van der Waals surface area contributed by atoms with Gasteiger partial charge in [-0.25, -0.2) is 0 Å². The highest BCUT2D eigenvalue weighted by Gasteiger charge is 2.30. The lowest BCUT2D eigenvalue weighted by molar-refractivity contribution is -0.0221. The third kappa shape index (κ3) is 2.90. The predicted molar refractivity (Wildman–Crippen MR) is 72.3 cm³/mol. The second kappa shape index (κ2) is 6.30. The Morgan fingerprint density at radius 2 is 2.56 bits per heavy atom. The Labute approximate surface area is 112 Å². The number of morpholine rings is 1. The Kier molecular flexibility index (Phi) is 4.72. The number of thiophene rings is 1. The van der Waals surface area contributed by atoms with Crippen molar-refractivity contribution in [3.05, 3.63) is 22.4 Å². The van der Waals surface area contributed by atoms with E-state index in [1.165, 1.54) is 5.56 Å².